The molecule has 0 N–H and O–H groups in total. The molecule has 2 saturated heterocycles. The zero-order valence-electron chi connectivity index (χ0n) is 18.4. The Kier molecular flexibility index (Phi) is 6.78. The van der Waals surface area contributed by atoms with Crippen LogP contribution in [-0.2, 0) is 9.84 Å². The van der Waals surface area contributed by atoms with Gasteiger partial charge in [-0.05, 0) is 50.5 Å². The molecule has 2 aliphatic rings. The first-order chi connectivity index (χ1) is 15.8. The number of anilines is 2. The lowest BCUT2D eigenvalue weighted by Crippen LogP contribution is -2.49. The summed E-state index contributed by atoms with van der Waals surface area (Å²) in [5.41, 5.74) is -0.231. The smallest absolute Gasteiger partial charge is 0.341 e. The van der Waals surface area contributed by atoms with Crippen molar-refractivity contribution < 1.29 is 22.0 Å². The lowest BCUT2D eigenvalue weighted by molar-refractivity contribution is 0.0742. The Morgan fingerprint density at radius 1 is 0.970 bits per heavy atom. The zero-order valence-corrected chi connectivity index (χ0v) is 19.2. The number of carbonyl (C=O) groups excluding carboxylic acids is 1. The molecule has 0 aliphatic carbocycles. The van der Waals surface area contributed by atoms with E-state index in [9.17, 15) is 22.0 Å². The summed E-state index contributed by atoms with van der Waals surface area (Å²) in [7, 11) is -4.88. The number of piperazine rings is 1. The normalized spacial score (nSPS) is 19.8. The van der Waals surface area contributed by atoms with Gasteiger partial charge in [-0.25, -0.2) is 8.42 Å². The molecule has 2 aromatic rings. The Morgan fingerprint density at radius 3 is 2.27 bits per heavy atom. The van der Waals surface area contributed by atoms with Crippen molar-refractivity contribution in [1.82, 2.24) is 15.1 Å². The first-order valence-corrected chi connectivity index (χ1v) is 12.6. The van der Waals surface area contributed by atoms with Crippen molar-refractivity contribution in [1.29, 1.82) is 0 Å². The lowest BCUT2D eigenvalue weighted by Gasteiger charge is -2.36. The fourth-order valence-corrected chi connectivity index (χ4v) is 5.30. The van der Waals surface area contributed by atoms with Crippen LogP contribution in [0.25, 0.3) is 0 Å². The number of aromatic nitrogens is 2. The molecule has 0 bridgehead atoms. The maximum Gasteiger partial charge on any atom is 0.341 e. The van der Waals surface area contributed by atoms with Crippen LogP contribution in [0.15, 0.2) is 41.3 Å². The average Bonchev–Trinajstić information content (AvgIpc) is 2.84. The number of hydrogen-bond acceptors (Lipinski definition) is 7. The Balaban J connectivity index is 1.42. The third-order valence-electron chi connectivity index (χ3n) is 6.28. The molecule has 1 aromatic heterocycles. The van der Waals surface area contributed by atoms with E-state index in [2.05, 4.69) is 22.0 Å². The van der Waals surface area contributed by atoms with E-state index in [-0.39, 0.29) is 5.56 Å². The number of hydrogen-bond donors (Lipinski definition) is 0. The molecule has 3 heterocycles. The minimum absolute atomic E-state index is 0.231. The van der Waals surface area contributed by atoms with Crippen molar-refractivity contribution in [3.8, 4) is 0 Å². The van der Waals surface area contributed by atoms with Gasteiger partial charge in [0, 0.05) is 38.8 Å². The predicted octanol–water partition coefficient (Wildman–Crippen LogP) is 2.81. The molecule has 0 spiro atoms. The van der Waals surface area contributed by atoms with Gasteiger partial charge in [-0.15, -0.1) is 10.2 Å². The molecule has 2 aliphatic heterocycles. The van der Waals surface area contributed by atoms with Gasteiger partial charge in [0.25, 0.3) is 5.91 Å². The largest absolute Gasteiger partial charge is 0.352 e. The van der Waals surface area contributed by atoms with E-state index in [0.717, 1.165) is 31.3 Å². The second kappa shape index (κ2) is 9.58. The van der Waals surface area contributed by atoms with Crippen LogP contribution in [0.1, 0.15) is 36.5 Å². The number of benzene rings is 1. The Morgan fingerprint density at radius 2 is 1.64 bits per heavy atom. The molecule has 1 aromatic carbocycles. The Bertz CT molecular complexity index is 1090. The molecule has 2 fully saturated rings. The van der Waals surface area contributed by atoms with Crippen molar-refractivity contribution in [3.63, 3.8) is 0 Å². The quantitative estimate of drug-likeness (QED) is 0.652. The fourth-order valence-electron chi connectivity index (χ4n) is 4.37. The second-order valence-corrected chi connectivity index (χ2v) is 10.3. The van der Waals surface area contributed by atoms with Crippen LogP contribution in [0.5, 0.6) is 0 Å². The van der Waals surface area contributed by atoms with Gasteiger partial charge in [0.05, 0.1) is 10.5 Å². The van der Waals surface area contributed by atoms with Gasteiger partial charge in [0.1, 0.15) is 0 Å². The molecule has 1 atom stereocenters. The van der Waals surface area contributed by atoms with Crippen LogP contribution in [0, 0.1) is 0 Å². The number of amides is 1. The standard InChI is InChI=1S/C22H27F2N5O3S/c1-16-6-4-5-11-29(16)20-10-9-19(25-26-20)27-12-14-28(15-13-27)21(30)17-7-2-3-8-18(17)33(31,32)22(23)24/h2-3,7-10,16,22H,4-6,11-15H2,1H3. The summed E-state index contributed by atoms with van der Waals surface area (Å²) < 4.78 is 50.1. The van der Waals surface area contributed by atoms with Crippen LogP contribution >= 0.6 is 0 Å². The number of carbonyl (C=O) groups is 1. The maximum absolute atomic E-state index is 13.1. The molecule has 1 amide bonds. The van der Waals surface area contributed by atoms with Crippen LogP contribution in [0.4, 0.5) is 20.4 Å². The van der Waals surface area contributed by atoms with E-state index in [1.165, 1.54) is 29.5 Å². The van der Waals surface area contributed by atoms with E-state index >= 15 is 0 Å². The molecule has 178 valence electrons. The molecule has 1 unspecified atom stereocenters. The van der Waals surface area contributed by atoms with Gasteiger partial charge in [0.15, 0.2) is 11.6 Å². The van der Waals surface area contributed by atoms with Crippen molar-refractivity contribution >= 4 is 27.4 Å². The predicted molar refractivity (Wildman–Crippen MR) is 120 cm³/mol. The highest BCUT2D eigenvalue weighted by Gasteiger charge is 2.33. The Labute approximate surface area is 192 Å². The van der Waals surface area contributed by atoms with Crippen molar-refractivity contribution in [2.24, 2.45) is 0 Å². The Hall–Kier alpha value is -2.82. The summed E-state index contributed by atoms with van der Waals surface area (Å²) in [4.78, 5) is 18.1. The van der Waals surface area contributed by atoms with E-state index < -0.39 is 26.4 Å². The fraction of sp³-hybridized carbons (Fsp3) is 0.500. The van der Waals surface area contributed by atoms with Gasteiger partial charge in [-0.3, -0.25) is 4.79 Å². The van der Waals surface area contributed by atoms with Gasteiger partial charge in [0.2, 0.25) is 9.84 Å². The molecule has 8 nitrogen and oxygen atoms in total. The third kappa shape index (κ3) is 4.78. The zero-order chi connectivity index (χ0) is 23.6. The van der Waals surface area contributed by atoms with E-state index in [4.69, 9.17) is 0 Å². The third-order valence-corrected chi connectivity index (χ3v) is 7.72. The molecule has 11 heteroatoms. The number of sulfone groups is 1. The van der Waals surface area contributed by atoms with Gasteiger partial charge < -0.3 is 14.7 Å². The lowest BCUT2D eigenvalue weighted by atomic mass is 10.0. The first-order valence-electron chi connectivity index (χ1n) is 11.0. The first kappa shape index (κ1) is 23.3. The van der Waals surface area contributed by atoms with E-state index in [1.807, 2.05) is 17.0 Å². The molecule has 4 rings (SSSR count). The number of alkyl halides is 2. The highest BCUT2D eigenvalue weighted by Crippen LogP contribution is 2.26. The van der Waals surface area contributed by atoms with Crippen molar-refractivity contribution in [2.75, 3.05) is 42.5 Å². The average molecular weight is 480 g/mol. The summed E-state index contributed by atoms with van der Waals surface area (Å²) in [6.45, 7) is 4.74. The second-order valence-electron chi connectivity index (χ2n) is 8.37. The molecule has 0 saturated carbocycles. The molecular weight excluding hydrogens is 452 g/mol. The minimum atomic E-state index is -4.88. The molecular formula is C22H27F2N5O3S. The number of nitrogens with zero attached hydrogens (tertiary/aromatic N) is 5. The monoisotopic (exact) mass is 479 g/mol. The van der Waals surface area contributed by atoms with Crippen LogP contribution in [0.3, 0.4) is 0 Å². The van der Waals surface area contributed by atoms with E-state index in [1.54, 1.807) is 0 Å². The van der Waals surface area contributed by atoms with Crippen molar-refractivity contribution in [3.05, 3.63) is 42.0 Å². The summed E-state index contributed by atoms with van der Waals surface area (Å²) >= 11 is 0. The minimum Gasteiger partial charge on any atom is -0.352 e. The van der Waals surface area contributed by atoms with Gasteiger partial charge >= 0.3 is 5.76 Å². The maximum atomic E-state index is 13.1. The topological polar surface area (TPSA) is 86.7 Å². The SMILES string of the molecule is CC1CCCCN1c1ccc(N2CCN(C(=O)c3ccccc3S(=O)(=O)C(F)F)CC2)nn1. The number of halogens is 2. The molecule has 0 radical (unpaired) electrons. The van der Waals surface area contributed by atoms with Crippen molar-refractivity contribution in [2.45, 2.75) is 42.9 Å². The van der Waals surface area contributed by atoms with Crippen LogP contribution in [0.2, 0.25) is 0 Å². The summed E-state index contributed by atoms with van der Waals surface area (Å²) in [5.74, 6) is -2.60. The van der Waals surface area contributed by atoms with Crippen LogP contribution in [-0.4, -0.2) is 73.9 Å². The number of rotatable bonds is 5. The van der Waals surface area contributed by atoms with Crippen LogP contribution < -0.4 is 9.80 Å². The summed E-state index contributed by atoms with van der Waals surface area (Å²) in [5, 5.41) is 8.77. The highest BCUT2D eigenvalue weighted by molar-refractivity contribution is 7.91. The van der Waals surface area contributed by atoms with Gasteiger partial charge in [-0.2, -0.15) is 8.78 Å². The summed E-state index contributed by atoms with van der Waals surface area (Å²) in [6.07, 6.45) is 3.51. The summed E-state index contributed by atoms with van der Waals surface area (Å²) in [6, 6.07) is 9.44. The van der Waals surface area contributed by atoms with E-state index in [0.29, 0.717) is 38.0 Å². The molecule has 33 heavy (non-hydrogen) atoms. The number of piperidine rings is 1. The highest BCUT2D eigenvalue weighted by atomic mass is 32.2. The van der Waals surface area contributed by atoms with Gasteiger partial charge in [-0.1, -0.05) is 12.1 Å².